The number of likely N-dealkylation sites (tertiary alicyclic amines) is 2. The van der Waals surface area contributed by atoms with Gasteiger partial charge in [-0.05, 0) is 26.0 Å². The molecule has 0 aromatic heterocycles. The summed E-state index contributed by atoms with van der Waals surface area (Å²) in [7, 11) is 2.19. The molecule has 6 rings (SSSR count). The summed E-state index contributed by atoms with van der Waals surface area (Å²) in [5, 5.41) is 40.0. The van der Waals surface area contributed by atoms with E-state index in [2.05, 4.69) is 0 Å². The van der Waals surface area contributed by atoms with Crippen molar-refractivity contribution in [3.05, 3.63) is 59.7 Å². The summed E-state index contributed by atoms with van der Waals surface area (Å²) in [6.45, 7) is 2.94. The Labute approximate surface area is 349 Å². The Hall–Kier alpha value is -4.40. The Morgan fingerprint density at radius 2 is 1.10 bits per heavy atom. The Kier molecular flexibility index (Phi) is 13.3. The van der Waals surface area contributed by atoms with Crippen molar-refractivity contribution in [1.29, 1.82) is 0 Å². The number of aromatic hydroxyl groups is 2. The minimum absolute atomic E-state index is 0.0819. The number of para-hydroxylation sites is 2. The number of amides is 6. The molecule has 2 aromatic carbocycles. The molecule has 0 bridgehead atoms. The fourth-order valence-electron chi connectivity index (χ4n) is 8.04. The van der Waals surface area contributed by atoms with E-state index in [1.807, 2.05) is 0 Å². The van der Waals surface area contributed by atoms with Gasteiger partial charge in [0.2, 0.25) is 35.4 Å². The van der Waals surface area contributed by atoms with Crippen LogP contribution in [0.5, 0.6) is 11.5 Å². The molecule has 20 heteroatoms. The SMILES string of the molecule is CC(N1C(=O)CCC1=O)C(CSSCCC(=O)N1C(c2ccccc2O)SC[C@H]1C(=O)O)(C(=O)N1C(c2ccccc2O)SC[C@H]1C(=O)O)C(C)N1C(=O)CCC1=O. The standard InChI is InChI=1S/C38H42N4O12S4/c1-20(39-28(45)11-12-29(39)46)38(21(2)40-30(47)13-14-31(40)48,37(54)42-25(36(52)53)18-56-34(42)23-8-4-6-10-27(23)44)19-58-57-16-15-32(49)41-24(35(50)51)17-55-33(41)22-7-3-5-9-26(22)43/h3-10,20-21,24-25,33-34,43-44H,11-19H2,1-2H3,(H,50,51)(H,52,53)/t20?,21?,24-,25-,33?,34?,38?/m0/s1. The average molecular weight is 875 g/mol. The second-order valence-corrected chi connectivity index (χ2v) is 19.1. The molecule has 0 aliphatic carbocycles. The number of carbonyl (C=O) groups excluding carboxylic acids is 6. The van der Waals surface area contributed by atoms with E-state index in [4.69, 9.17) is 0 Å². The van der Waals surface area contributed by atoms with Gasteiger partial charge >= 0.3 is 11.9 Å². The maximum Gasteiger partial charge on any atom is 0.327 e. The Morgan fingerprint density at radius 1 is 0.690 bits per heavy atom. The summed E-state index contributed by atoms with van der Waals surface area (Å²) >= 11 is 2.30. The van der Waals surface area contributed by atoms with E-state index < -0.39 is 87.7 Å². The van der Waals surface area contributed by atoms with Gasteiger partial charge in [0, 0.05) is 66.2 Å². The molecule has 58 heavy (non-hydrogen) atoms. The van der Waals surface area contributed by atoms with Gasteiger partial charge in [-0.1, -0.05) is 58.0 Å². The summed E-state index contributed by atoms with van der Waals surface area (Å²) in [6.07, 6.45) is -0.722. The highest BCUT2D eigenvalue weighted by atomic mass is 33.1. The van der Waals surface area contributed by atoms with Gasteiger partial charge in [-0.15, -0.1) is 23.5 Å². The molecule has 4 N–H and O–H groups in total. The van der Waals surface area contributed by atoms with Crippen LogP contribution in [0, 0.1) is 5.41 Å². The lowest BCUT2D eigenvalue weighted by atomic mass is 9.73. The van der Waals surface area contributed by atoms with Crippen LogP contribution in [0.15, 0.2) is 48.5 Å². The maximum atomic E-state index is 15.7. The molecule has 2 aromatic rings. The first-order chi connectivity index (χ1) is 27.6. The summed E-state index contributed by atoms with van der Waals surface area (Å²) < 4.78 is 0. The van der Waals surface area contributed by atoms with Gasteiger partial charge in [0.15, 0.2) is 0 Å². The highest BCUT2D eigenvalue weighted by Gasteiger charge is 2.61. The van der Waals surface area contributed by atoms with Crippen molar-refractivity contribution in [3.63, 3.8) is 0 Å². The van der Waals surface area contributed by atoms with Crippen molar-refractivity contribution in [2.45, 2.75) is 80.9 Å². The number of aliphatic carboxylic acids is 2. The van der Waals surface area contributed by atoms with Gasteiger partial charge in [-0.2, -0.15) is 0 Å². The molecule has 0 radical (unpaired) electrons. The molecule has 16 nitrogen and oxygen atoms in total. The Balaban J connectivity index is 1.35. The van der Waals surface area contributed by atoms with Crippen molar-refractivity contribution in [3.8, 4) is 11.5 Å². The van der Waals surface area contributed by atoms with Gasteiger partial charge in [0.1, 0.15) is 39.7 Å². The molecule has 6 amide bonds. The number of hydrogen-bond donors (Lipinski definition) is 4. The third-order valence-electron chi connectivity index (χ3n) is 11.1. The zero-order valence-corrected chi connectivity index (χ0v) is 34.7. The molecule has 0 saturated carbocycles. The van der Waals surface area contributed by atoms with Crippen LogP contribution in [0.4, 0.5) is 0 Å². The van der Waals surface area contributed by atoms with Gasteiger partial charge in [-0.3, -0.25) is 38.6 Å². The maximum absolute atomic E-state index is 15.7. The number of carbonyl (C=O) groups is 8. The summed E-state index contributed by atoms with van der Waals surface area (Å²) in [5.41, 5.74) is -1.39. The van der Waals surface area contributed by atoms with E-state index in [-0.39, 0.29) is 72.2 Å². The first-order valence-electron chi connectivity index (χ1n) is 18.4. The van der Waals surface area contributed by atoms with E-state index in [1.54, 1.807) is 36.4 Å². The lowest BCUT2D eigenvalue weighted by Gasteiger charge is -2.49. The smallest absolute Gasteiger partial charge is 0.327 e. The number of phenolic OH excluding ortho intramolecular Hbond substituents is 2. The van der Waals surface area contributed by atoms with Gasteiger partial charge in [-0.25, -0.2) is 9.59 Å². The minimum atomic E-state index is -2.01. The van der Waals surface area contributed by atoms with E-state index in [0.717, 1.165) is 48.0 Å². The number of hydrogen-bond acceptors (Lipinski definition) is 14. The van der Waals surface area contributed by atoms with Crippen LogP contribution in [-0.2, 0) is 38.4 Å². The van der Waals surface area contributed by atoms with Crippen LogP contribution in [0.2, 0.25) is 0 Å². The first-order valence-corrected chi connectivity index (χ1v) is 23.0. The average Bonchev–Trinajstić information content (AvgIpc) is 3.98. The second-order valence-electron chi connectivity index (χ2n) is 14.3. The van der Waals surface area contributed by atoms with E-state index in [9.17, 15) is 54.0 Å². The lowest BCUT2D eigenvalue weighted by Crippen LogP contribution is -2.67. The molecular formula is C38H42N4O12S4. The Morgan fingerprint density at radius 3 is 1.53 bits per heavy atom. The monoisotopic (exact) mass is 874 g/mol. The first kappa shape index (κ1) is 43.2. The van der Waals surface area contributed by atoms with Crippen LogP contribution in [0.1, 0.15) is 67.8 Å². The van der Waals surface area contributed by atoms with Crippen molar-refractivity contribution in [2.75, 3.05) is 23.0 Å². The summed E-state index contributed by atoms with van der Waals surface area (Å²) in [5.74, 6) is -6.71. The molecule has 4 aliphatic rings. The highest BCUT2D eigenvalue weighted by molar-refractivity contribution is 8.76. The number of carboxylic acids is 2. The fraction of sp³-hybridized carbons (Fsp3) is 0.474. The molecular weight excluding hydrogens is 833 g/mol. The van der Waals surface area contributed by atoms with Crippen molar-refractivity contribution < 1.29 is 58.8 Å². The van der Waals surface area contributed by atoms with E-state index in [1.165, 1.54) is 42.6 Å². The molecule has 6 atom stereocenters. The number of thioether (sulfide) groups is 2. The van der Waals surface area contributed by atoms with Crippen LogP contribution in [0.25, 0.3) is 0 Å². The minimum Gasteiger partial charge on any atom is -0.508 e. The van der Waals surface area contributed by atoms with Gasteiger partial charge in [0.25, 0.3) is 0 Å². The molecule has 0 spiro atoms. The number of carboxylic acid groups (broad SMARTS) is 2. The third-order valence-corrected chi connectivity index (χ3v) is 16.2. The fourth-order valence-corrected chi connectivity index (χ4v) is 13.7. The summed E-state index contributed by atoms with van der Waals surface area (Å²) in [6, 6.07) is 7.26. The van der Waals surface area contributed by atoms with Crippen molar-refractivity contribution in [2.24, 2.45) is 5.41 Å². The van der Waals surface area contributed by atoms with E-state index in [0.29, 0.717) is 5.56 Å². The van der Waals surface area contributed by atoms with Crippen molar-refractivity contribution >= 4 is 92.5 Å². The quantitative estimate of drug-likeness (QED) is 0.114. The van der Waals surface area contributed by atoms with Crippen LogP contribution >= 0.6 is 45.1 Å². The molecule has 4 aliphatic heterocycles. The number of benzene rings is 2. The Bertz CT molecular complexity index is 1950. The van der Waals surface area contributed by atoms with Gasteiger partial charge < -0.3 is 30.2 Å². The van der Waals surface area contributed by atoms with Crippen LogP contribution < -0.4 is 0 Å². The zero-order valence-electron chi connectivity index (χ0n) is 31.4. The number of imide groups is 2. The largest absolute Gasteiger partial charge is 0.508 e. The third kappa shape index (κ3) is 7.99. The van der Waals surface area contributed by atoms with Gasteiger partial charge in [0.05, 0.1) is 12.1 Å². The molecule has 4 heterocycles. The number of rotatable bonds is 15. The predicted molar refractivity (Wildman–Crippen MR) is 216 cm³/mol. The molecule has 4 fully saturated rings. The predicted octanol–water partition coefficient (Wildman–Crippen LogP) is 3.69. The van der Waals surface area contributed by atoms with Crippen molar-refractivity contribution in [1.82, 2.24) is 19.6 Å². The normalized spacial score (nSPS) is 24.4. The topological polar surface area (TPSA) is 230 Å². The van der Waals surface area contributed by atoms with E-state index >= 15 is 4.79 Å². The molecule has 4 saturated heterocycles. The highest BCUT2D eigenvalue weighted by Crippen LogP contribution is 2.51. The molecule has 4 unspecified atom stereocenters. The number of nitrogens with zero attached hydrogens (tertiary/aromatic N) is 4. The zero-order chi connectivity index (χ0) is 42.1. The molecule has 310 valence electrons. The van der Waals surface area contributed by atoms with Crippen LogP contribution in [0.3, 0.4) is 0 Å². The second kappa shape index (κ2) is 17.8. The number of phenols is 2. The lowest BCUT2D eigenvalue weighted by molar-refractivity contribution is -0.164. The van der Waals surface area contributed by atoms with Crippen LogP contribution in [-0.4, -0.2) is 135 Å². The summed E-state index contributed by atoms with van der Waals surface area (Å²) in [4.78, 5) is 112.